The molecule has 1 aromatic heterocycles. The van der Waals surface area contributed by atoms with Gasteiger partial charge in [-0.25, -0.2) is 4.98 Å². The first-order valence-electron chi connectivity index (χ1n) is 10.2. The van der Waals surface area contributed by atoms with Crippen molar-refractivity contribution >= 4 is 11.8 Å². The minimum Gasteiger partial charge on any atom is -0.301 e. The van der Waals surface area contributed by atoms with Crippen molar-refractivity contribution in [3.8, 4) is 11.3 Å². The number of aromatic amines is 1. The molecule has 5 rings (SSSR count). The van der Waals surface area contributed by atoms with E-state index in [1.165, 1.54) is 36.8 Å². The molecule has 2 aliphatic carbocycles. The van der Waals surface area contributed by atoms with Gasteiger partial charge in [0.2, 0.25) is 0 Å². The Bertz CT molecular complexity index is 1040. The number of hydrogen-bond donors (Lipinski definition) is 1. The van der Waals surface area contributed by atoms with Crippen LogP contribution in [0.15, 0.2) is 64.5 Å². The topological polar surface area (TPSA) is 45.8 Å². The maximum Gasteiger partial charge on any atom is 0.255 e. The van der Waals surface area contributed by atoms with E-state index in [-0.39, 0.29) is 5.56 Å². The minimum atomic E-state index is 0.0620. The quantitative estimate of drug-likeness (QED) is 0.470. The number of rotatable bonds is 4. The lowest BCUT2D eigenvalue weighted by Crippen LogP contribution is -2.28. The summed E-state index contributed by atoms with van der Waals surface area (Å²) < 4.78 is 0. The Morgan fingerprint density at radius 3 is 2.57 bits per heavy atom. The van der Waals surface area contributed by atoms with Crippen LogP contribution in [0.1, 0.15) is 48.3 Å². The third kappa shape index (κ3) is 3.30. The predicted octanol–water partition coefficient (Wildman–Crippen LogP) is 5.56. The molecule has 1 heterocycles. The molecule has 142 valence electrons. The van der Waals surface area contributed by atoms with Gasteiger partial charge in [-0.15, -0.1) is 0 Å². The zero-order valence-electron chi connectivity index (χ0n) is 15.9. The predicted molar refractivity (Wildman–Crippen MR) is 115 cm³/mol. The molecule has 0 saturated heterocycles. The third-order valence-corrected chi connectivity index (χ3v) is 7.15. The molecular weight excluding hydrogens is 364 g/mol. The zero-order valence-corrected chi connectivity index (χ0v) is 16.7. The van der Waals surface area contributed by atoms with E-state index in [0.29, 0.717) is 11.8 Å². The largest absolute Gasteiger partial charge is 0.301 e. The van der Waals surface area contributed by atoms with E-state index in [2.05, 4.69) is 41.4 Å². The van der Waals surface area contributed by atoms with Gasteiger partial charge in [-0.3, -0.25) is 4.79 Å². The Hall–Kier alpha value is -2.33. The Balaban J connectivity index is 1.54. The molecule has 0 radical (unpaired) electrons. The lowest BCUT2D eigenvalue weighted by Gasteiger charge is -2.30. The van der Waals surface area contributed by atoms with E-state index in [4.69, 9.17) is 4.98 Å². The maximum absolute atomic E-state index is 13.2. The van der Waals surface area contributed by atoms with Crippen LogP contribution in [0, 0.1) is 5.92 Å². The van der Waals surface area contributed by atoms with Crippen molar-refractivity contribution in [2.24, 2.45) is 5.92 Å². The van der Waals surface area contributed by atoms with Crippen molar-refractivity contribution < 1.29 is 0 Å². The second-order valence-electron chi connectivity index (χ2n) is 7.92. The highest BCUT2D eigenvalue weighted by Crippen LogP contribution is 2.45. The van der Waals surface area contributed by atoms with Gasteiger partial charge < -0.3 is 4.98 Å². The molecule has 4 heteroatoms. The van der Waals surface area contributed by atoms with Gasteiger partial charge in [0.1, 0.15) is 0 Å². The number of fused-ring (bicyclic) bond motifs is 3. The summed E-state index contributed by atoms with van der Waals surface area (Å²) in [7, 11) is 0. The van der Waals surface area contributed by atoms with Gasteiger partial charge in [-0.1, -0.05) is 79.2 Å². The maximum atomic E-state index is 13.2. The first-order chi connectivity index (χ1) is 13.8. The van der Waals surface area contributed by atoms with Crippen LogP contribution >= 0.6 is 11.8 Å². The van der Waals surface area contributed by atoms with Gasteiger partial charge in [-0.05, 0) is 42.2 Å². The lowest BCUT2D eigenvalue weighted by molar-refractivity contribution is 0.424. The number of benzene rings is 2. The van der Waals surface area contributed by atoms with E-state index >= 15 is 0 Å². The second kappa shape index (κ2) is 7.59. The summed E-state index contributed by atoms with van der Waals surface area (Å²) >= 11 is 1.60. The number of aromatic nitrogens is 2. The number of nitrogens with one attached hydrogen (secondary N) is 1. The van der Waals surface area contributed by atoms with Gasteiger partial charge in [0.05, 0.1) is 5.69 Å². The molecule has 2 aliphatic rings. The van der Waals surface area contributed by atoms with Crippen LogP contribution in [-0.4, -0.2) is 9.97 Å². The summed E-state index contributed by atoms with van der Waals surface area (Å²) in [4.78, 5) is 21.2. The average Bonchev–Trinajstić information content (AvgIpc) is 3.27. The van der Waals surface area contributed by atoms with E-state index in [9.17, 15) is 4.79 Å². The monoisotopic (exact) mass is 388 g/mol. The van der Waals surface area contributed by atoms with E-state index in [1.54, 1.807) is 11.8 Å². The highest BCUT2D eigenvalue weighted by molar-refractivity contribution is 7.98. The van der Waals surface area contributed by atoms with Crippen LogP contribution in [0.2, 0.25) is 0 Å². The molecule has 0 spiro atoms. The number of hydrogen-bond acceptors (Lipinski definition) is 3. The summed E-state index contributed by atoms with van der Waals surface area (Å²) in [6.45, 7) is 0. The normalized spacial score (nSPS) is 18.6. The molecule has 0 amide bonds. The Morgan fingerprint density at radius 2 is 1.75 bits per heavy atom. The molecule has 3 nitrogen and oxygen atoms in total. The van der Waals surface area contributed by atoms with Crippen molar-refractivity contribution in [1.29, 1.82) is 0 Å². The van der Waals surface area contributed by atoms with Crippen molar-refractivity contribution in [3.63, 3.8) is 0 Å². The van der Waals surface area contributed by atoms with Crippen LogP contribution in [0.25, 0.3) is 11.3 Å². The standard InChI is InChI=1S/C24H24N2OS/c27-23-21-20(17-10-4-5-11-17)14-18-12-6-7-13-19(18)22(21)25-24(26-23)28-15-16-8-2-1-3-9-16/h1-3,6-9,12-13,17,20H,4-5,10-11,14-15H2,(H,25,26,27)/t20-/m1/s1. The average molecular weight is 389 g/mol. The number of thioether (sulfide) groups is 1. The summed E-state index contributed by atoms with van der Waals surface area (Å²) in [6, 6.07) is 18.8. The molecular formula is C24H24N2OS. The van der Waals surface area contributed by atoms with Gasteiger partial charge in [-0.2, -0.15) is 0 Å². The molecule has 0 bridgehead atoms. The van der Waals surface area contributed by atoms with Gasteiger partial charge in [0, 0.05) is 16.9 Å². The molecule has 1 N–H and O–H groups in total. The van der Waals surface area contributed by atoms with Crippen molar-refractivity contribution in [2.75, 3.05) is 0 Å². The van der Waals surface area contributed by atoms with E-state index in [1.807, 2.05) is 18.2 Å². The van der Waals surface area contributed by atoms with Crippen LogP contribution in [0.4, 0.5) is 0 Å². The molecule has 1 saturated carbocycles. The smallest absolute Gasteiger partial charge is 0.255 e. The first kappa shape index (κ1) is 17.7. The van der Waals surface area contributed by atoms with E-state index < -0.39 is 0 Å². The van der Waals surface area contributed by atoms with Gasteiger partial charge >= 0.3 is 0 Å². The first-order valence-corrected chi connectivity index (χ1v) is 11.2. The molecule has 28 heavy (non-hydrogen) atoms. The third-order valence-electron chi connectivity index (χ3n) is 6.20. The zero-order chi connectivity index (χ0) is 18.9. The molecule has 0 unspecified atom stereocenters. The molecule has 3 aromatic rings. The Morgan fingerprint density at radius 1 is 1.00 bits per heavy atom. The molecule has 0 aliphatic heterocycles. The molecule has 2 aromatic carbocycles. The highest BCUT2D eigenvalue weighted by atomic mass is 32.2. The highest BCUT2D eigenvalue weighted by Gasteiger charge is 2.35. The fourth-order valence-corrected chi connectivity index (χ4v) is 5.65. The lowest BCUT2D eigenvalue weighted by atomic mass is 9.74. The van der Waals surface area contributed by atoms with Crippen LogP contribution in [-0.2, 0) is 12.2 Å². The van der Waals surface area contributed by atoms with E-state index in [0.717, 1.165) is 34.2 Å². The molecule has 1 atom stereocenters. The fourth-order valence-electron chi connectivity index (χ4n) is 4.84. The van der Waals surface area contributed by atoms with Crippen LogP contribution in [0.5, 0.6) is 0 Å². The van der Waals surface area contributed by atoms with Crippen LogP contribution in [0.3, 0.4) is 0 Å². The van der Waals surface area contributed by atoms with Crippen molar-refractivity contribution in [3.05, 3.63) is 81.6 Å². The minimum absolute atomic E-state index is 0.0620. The summed E-state index contributed by atoms with van der Waals surface area (Å²) in [5, 5.41) is 0.717. The fraction of sp³-hybridized carbons (Fsp3) is 0.333. The van der Waals surface area contributed by atoms with Crippen molar-refractivity contribution in [2.45, 2.75) is 48.9 Å². The summed E-state index contributed by atoms with van der Waals surface area (Å²) in [6.07, 6.45) is 6.00. The summed E-state index contributed by atoms with van der Waals surface area (Å²) in [5.41, 5.74) is 5.61. The second-order valence-corrected chi connectivity index (χ2v) is 8.88. The SMILES string of the molecule is O=c1[nH]c(SCc2ccccc2)nc2c1[C@@H](C1CCCC1)Cc1ccccc1-2. The Kier molecular flexibility index (Phi) is 4.81. The summed E-state index contributed by atoms with van der Waals surface area (Å²) in [5.74, 6) is 1.71. The number of nitrogens with zero attached hydrogens (tertiary/aromatic N) is 1. The van der Waals surface area contributed by atoms with Crippen LogP contribution < -0.4 is 5.56 Å². The van der Waals surface area contributed by atoms with Gasteiger partial charge in [0.25, 0.3) is 5.56 Å². The van der Waals surface area contributed by atoms with Gasteiger partial charge in [0.15, 0.2) is 5.16 Å². The Labute approximate surface area is 169 Å². The van der Waals surface area contributed by atoms with Crippen molar-refractivity contribution in [1.82, 2.24) is 9.97 Å². The number of H-pyrrole nitrogens is 1. The molecule has 1 fully saturated rings.